The van der Waals surface area contributed by atoms with Crippen LogP contribution < -0.4 is 5.32 Å². The SMILES string of the molecule is O=[N+]([O-])c1c(Cl)cccc1NC1CCN2CCCCC12. The molecule has 0 spiro atoms. The number of halogens is 1. The molecule has 2 saturated heterocycles. The predicted octanol–water partition coefficient (Wildman–Crippen LogP) is 3.29. The molecule has 2 aliphatic rings. The van der Waals surface area contributed by atoms with Crippen LogP contribution in [0.4, 0.5) is 11.4 Å². The van der Waals surface area contributed by atoms with Crippen LogP contribution in [0.2, 0.25) is 5.02 Å². The van der Waals surface area contributed by atoms with E-state index in [0.29, 0.717) is 11.7 Å². The molecule has 2 heterocycles. The van der Waals surface area contributed by atoms with E-state index in [9.17, 15) is 10.1 Å². The van der Waals surface area contributed by atoms with Crippen molar-refractivity contribution in [2.75, 3.05) is 18.4 Å². The van der Waals surface area contributed by atoms with E-state index in [-0.39, 0.29) is 16.8 Å². The van der Waals surface area contributed by atoms with Gasteiger partial charge in [-0.15, -0.1) is 0 Å². The van der Waals surface area contributed by atoms with Gasteiger partial charge in [-0.05, 0) is 37.9 Å². The number of nitro groups is 1. The average Bonchev–Trinajstić information content (AvgIpc) is 2.82. The minimum Gasteiger partial charge on any atom is -0.375 e. The number of fused-ring (bicyclic) bond motifs is 1. The molecular weight excluding hydrogens is 278 g/mol. The Morgan fingerprint density at radius 1 is 1.30 bits per heavy atom. The third kappa shape index (κ3) is 2.47. The molecule has 2 unspecified atom stereocenters. The first kappa shape index (κ1) is 13.6. The number of piperidine rings is 1. The Balaban J connectivity index is 1.81. The van der Waals surface area contributed by atoms with E-state index in [4.69, 9.17) is 11.6 Å². The summed E-state index contributed by atoms with van der Waals surface area (Å²) in [6, 6.07) is 5.85. The monoisotopic (exact) mass is 295 g/mol. The fourth-order valence-electron chi connectivity index (χ4n) is 3.43. The molecule has 0 amide bonds. The molecule has 1 N–H and O–H groups in total. The van der Waals surface area contributed by atoms with Crippen LogP contribution in [0.3, 0.4) is 0 Å². The van der Waals surface area contributed by atoms with Crippen molar-refractivity contribution in [2.45, 2.75) is 37.8 Å². The average molecular weight is 296 g/mol. The van der Waals surface area contributed by atoms with Crippen molar-refractivity contribution in [3.8, 4) is 0 Å². The highest BCUT2D eigenvalue weighted by Crippen LogP contribution is 2.35. The normalized spacial score (nSPS) is 26.2. The number of benzene rings is 1. The van der Waals surface area contributed by atoms with Gasteiger partial charge in [0, 0.05) is 18.6 Å². The van der Waals surface area contributed by atoms with E-state index in [1.54, 1.807) is 18.2 Å². The lowest BCUT2D eigenvalue weighted by atomic mass is 9.99. The molecule has 1 aromatic rings. The highest BCUT2D eigenvalue weighted by atomic mass is 35.5. The van der Waals surface area contributed by atoms with Gasteiger partial charge in [-0.2, -0.15) is 0 Å². The molecule has 5 nitrogen and oxygen atoms in total. The zero-order valence-corrected chi connectivity index (χ0v) is 12.0. The lowest BCUT2D eigenvalue weighted by Gasteiger charge is -2.32. The minimum atomic E-state index is -0.405. The van der Waals surface area contributed by atoms with Crippen LogP contribution in [0.15, 0.2) is 18.2 Å². The summed E-state index contributed by atoms with van der Waals surface area (Å²) >= 11 is 5.96. The Bertz CT molecular complexity index is 523. The fraction of sp³-hybridized carbons (Fsp3) is 0.571. The van der Waals surface area contributed by atoms with Crippen molar-refractivity contribution in [2.24, 2.45) is 0 Å². The van der Waals surface area contributed by atoms with E-state index in [0.717, 1.165) is 19.5 Å². The molecule has 3 rings (SSSR count). The summed E-state index contributed by atoms with van der Waals surface area (Å²) in [7, 11) is 0. The van der Waals surface area contributed by atoms with Crippen LogP contribution >= 0.6 is 11.6 Å². The largest absolute Gasteiger partial charge is 0.375 e. The summed E-state index contributed by atoms with van der Waals surface area (Å²) in [4.78, 5) is 13.3. The lowest BCUT2D eigenvalue weighted by Crippen LogP contribution is -2.41. The Morgan fingerprint density at radius 2 is 2.15 bits per heavy atom. The van der Waals surface area contributed by atoms with Gasteiger partial charge in [0.1, 0.15) is 10.7 Å². The lowest BCUT2D eigenvalue weighted by molar-refractivity contribution is -0.383. The molecule has 20 heavy (non-hydrogen) atoms. The summed E-state index contributed by atoms with van der Waals surface area (Å²) in [5.74, 6) is 0. The van der Waals surface area contributed by atoms with E-state index >= 15 is 0 Å². The third-order valence-corrected chi connectivity index (χ3v) is 4.67. The van der Waals surface area contributed by atoms with Crippen molar-refractivity contribution >= 4 is 23.0 Å². The number of nitro benzene ring substituents is 1. The van der Waals surface area contributed by atoms with Gasteiger partial charge in [0.25, 0.3) is 0 Å². The quantitative estimate of drug-likeness (QED) is 0.687. The van der Waals surface area contributed by atoms with Crippen molar-refractivity contribution < 1.29 is 4.92 Å². The Kier molecular flexibility index (Phi) is 3.81. The Labute approximate surface area is 123 Å². The maximum atomic E-state index is 11.2. The van der Waals surface area contributed by atoms with Gasteiger partial charge in [-0.25, -0.2) is 0 Å². The summed E-state index contributed by atoms with van der Waals surface area (Å²) in [5, 5.41) is 14.7. The molecule has 108 valence electrons. The smallest absolute Gasteiger partial charge is 0.310 e. The number of rotatable bonds is 3. The standard InChI is InChI=1S/C14H18ClN3O2/c15-10-4-3-5-12(14(10)18(19)20)16-11-7-9-17-8-2-1-6-13(11)17/h3-5,11,13,16H,1-2,6-9H2. The second kappa shape index (κ2) is 5.58. The van der Waals surface area contributed by atoms with E-state index in [2.05, 4.69) is 10.2 Å². The maximum Gasteiger partial charge on any atom is 0.310 e. The van der Waals surface area contributed by atoms with Crippen molar-refractivity contribution in [3.63, 3.8) is 0 Å². The number of hydrogen-bond acceptors (Lipinski definition) is 4. The van der Waals surface area contributed by atoms with Crippen LogP contribution in [-0.4, -0.2) is 35.0 Å². The molecule has 1 aromatic carbocycles. The third-order valence-electron chi connectivity index (χ3n) is 4.37. The number of hydrogen-bond donors (Lipinski definition) is 1. The van der Waals surface area contributed by atoms with E-state index in [1.807, 2.05) is 0 Å². The van der Waals surface area contributed by atoms with Crippen LogP contribution in [0.5, 0.6) is 0 Å². The Morgan fingerprint density at radius 3 is 2.95 bits per heavy atom. The van der Waals surface area contributed by atoms with E-state index in [1.165, 1.54) is 19.3 Å². The molecule has 2 atom stereocenters. The van der Waals surface area contributed by atoms with Gasteiger partial charge in [0.2, 0.25) is 0 Å². The van der Waals surface area contributed by atoms with Crippen molar-refractivity contribution in [1.29, 1.82) is 0 Å². The number of para-hydroxylation sites is 1. The zero-order valence-electron chi connectivity index (χ0n) is 11.2. The van der Waals surface area contributed by atoms with E-state index < -0.39 is 4.92 Å². The van der Waals surface area contributed by atoms with Gasteiger partial charge in [0.15, 0.2) is 0 Å². The van der Waals surface area contributed by atoms with Crippen LogP contribution in [0.25, 0.3) is 0 Å². The molecular formula is C14H18ClN3O2. The van der Waals surface area contributed by atoms with Crippen LogP contribution in [0.1, 0.15) is 25.7 Å². The molecule has 0 saturated carbocycles. The highest BCUT2D eigenvalue weighted by Gasteiger charge is 2.36. The predicted molar refractivity (Wildman–Crippen MR) is 79.3 cm³/mol. The molecule has 0 aromatic heterocycles. The molecule has 2 fully saturated rings. The fourth-order valence-corrected chi connectivity index (χ4v) is 3.68. The molecule has 0 aliphatic carbocycles. The van der Waals surface area contributed by atoms with Gasteiger partial charge < -0.3 is 5.32 Å². The first-order valence-corrected chi connectivity index (χ1v) is 7.48. The van der Waals surface area contributed by atoms with Crippen molar-refractivity contribution in [3.05, 3.63) is 33.3 Å². The molecule has 0 bridgehead atoms. The summed E-state index contributed by atoms with van der Waals surface area (Å²) in [6.07, 6.45) is 4.72. The summed E-state index contributed by atoms with van der Waals surface area (Å²) in [5.41, 5.74) is 0.531. The first-order chi connectivity index (χ1) is 9.66. The highest BCUT2D eigenvalue weighted by molar-refractivity contribution is 6.33. The summed E-state index contributed by atoms with van der Waals surface area (Å²) < 4.78 is 0. The van der Waals surface area contributed by atoms with Crippen molar-refractivity contribution in [1.82, 2.24) is 4.90 Å². The molecule has 2 aliphatic heterocycles. The topological polar surface area (TPSA) is 58.4 Å². The van der Waals surface area contributed by atoms with Crippen LogP contribution in [0, 0.1) is 10.1 Å². The minimum absolute atomic E-state index is 0.0107. The van der Waals surface area contributed by atoms with Crippen LogP contribution in [-0.2, 0) is 0 Å². The number of nitrogens with one attached hydrogen (secondary N) is 1. The van der Waals surface area contributed by atoms with Gasteiger partial charge in [-0.1, -0.05) is 24.1 Å². The van der Waals surface area contributed by atoms with Gasteiger partial charge >= 0.3 is 5.69 Å². The number of nitrogens with zero attached hydrogens (tertiary/aromatic N) is 2. The first-order valence-electron chi connectivity index (χ1n) is 7.10. The zero-order chi connectivity index (χ0) is 14.1. The van der Waals surface area contributed by atoms with Gasteiger partial charge in [0.05, 0.1) is 4.92 Å². The van der Waals surface area contributed by atoms with Gasteiger partial charge in [-0.3, -0.25) is 15.0 Å². The second-order valence-electron chi connectivity index (χ2n) is 5.53. The molecule has 0 radical (unpaired) electrons. The Hall–Kier alpha value is -1.33. The molecule has 6 heteroatoms. The second-order valence-corrected chi connectivity index (χ2v) is 5.94. The maximum absolute atomic E-state index is 11.2. The summed E-state index contributed by atoms with van der Waals surface area (Å²) in [6.45, 7) is 2.23. The number of anilines is 1.